The molecule has 158 valence electrons. The highest BCUT2D eigenvalue weighted by molar-refractivity contribution is 5.84. The van der Waals surface area contributed by atoms with Crippen LogP contribution in [-0.2, 0) is 23.9 Å². The predicted octanol–water partition coefficient (Wildman–Crippen LogP) is 3.80. The Morgan fingerprint density at radius 2 is 1.86 bits per heavy atom. The van der Waals surface area contributed by atoms with Crippen molar-refractivity contribution >= 4 is 17.8 Å². The fourth-order valence-electron chi connectivity index (χ4n) is 3.41. The quantitative estimate of drug-likeness (QED) is 0.417. The van der Waals surface area contributed by atoms with Gasteiger partial charge in [-0.2, -0.15) is 0 Å². The maximum absolute atomic E-state index is 13.1. The van der Waals surface area contributed by atoms with E-state index in [0.717, 1.165) is 12.8 Å². The summed E-state index contributed by atoms with van der Waals surface area (Å²) in [7, 11) is 0. The first-order chi connectivity index (χ1) is 13.1. The Morgan fingerprint density at radius 1 is 1.18 bits per heavy atom. The van der Waals surface area contributed by atoms with Crippen molar-refractivity contribution < 1.29 is 23.9 Å². The van der Waals surface area contributed by atoms with Crippen LogP contribution in [-0.4, -0.2) is 47.0 Å². The Morgan fingerprint density at radius 3 is 2.43 bits per heavy atom. The van der Waals surface area contributed by atoms with Gasteiger partial charge in [-0.3, -0.25) is 14.4 Å². The van der Waals surface area contributed by atoms with Crippen molar-refractivity contribution in [1.29, 1.82) is 0 Å². The number of hydrogen-bond donors (Lipinski definition) is 0. The zero-order chi connectivity index (χ0) is 21.3. The van der Waals surface area contributed by atoms with Crippen molar-refractivity contribution in [3.8, 4) is 0 Å². The standard InChI is InChI=1S/C22H35NO5/c1-7-9-13-19(24)27-16(3)18-12-10-14-23(18)21(26)17(11-8-2)15-20(25)28-22(4,5)6/h7-8,16-18H,1-2,9-15H2,3-6H3/t16-,17-,18-/m0/s1. The smallest absolute Gasteiger partial charge is 0.307 e. The van der Waals surface area contributed by atoms with E-state index in [1.165, 1.54) is 0 Å². The van der Waals surface area contributed by atoms with E-state index in [-0.39, 0.29) is 30.8 Å². The summed E-state index contributed by atoms with van der Waals surface area (Å²) in [6.07, 6.45) is 5.81. The van der Waals surface area contributed by atoms with Gasteiger partial charge in [0.15, 0.2) is 0 Å². The van der Waals surface area contributed by atoms with E-state index in [1.54, 1.807) is 37.8 Å². The summed E-state index contributed by atoms with van der Waals surface area (Å²) in [5.74, 6) is -1.31. The van der Waals surface area contributed by atoms with Gasteiger partial charge in [-0.15, -0.1) is 13.2 Å². The van der Waals surface area contributed by atoms with Crippen LogP contribution in [0.25, 0.3) is 0 Å². The van der Waals surface area contributed by atoms with E-state index >= 15 is 0 Å². The number of amides is 1. The van der Waals surface area contributed by atoms with Gasteiger partial charge in [0.2, 0.25) is 5.91 Å². The Kier molecular flexibility index (Phi) is 9.42. The lowest BCUT2D eigenvalue weighted by molar-refractivity contribution is -0.159. The normalized spacial score (nSPS) is 18.9. The second-order valence-electron chi connectivity index (χ2n) is 8.28. The molecule has 0 aromatic rings. The zero-order valence-corrected chi connectivity index (χ0v) is 17.7. The molecule has 0 aromatic carbocycles. The molecule has 1 aliphatic rings. The molecule has 1 fully saturated rings. The van der Waals surface area contributed by atoms with E-state index < -0.39 is 23.6 Å². The Hall–Kier alpha value is -2.11. The molecule has 1 amide bonds. The summed E-state index contributed by atoms with van der Waals surface area (Å²) in [4.78, 5) is 39.0. The van der Waals surface area contributed by atoms with Crippen LogP contribution in [0.3, 0.4) is 0 Å². The molecular weight excluding hydrogens is 358 g/mol. The van der Waals surface area contributed by atoms with Crippen LogP contribution in [0.15, 0.2) is 25.3 Å². The van der Waals surface area contributed by atoms with E-state index in [1.807, 2.05) is 6.92 Å². The molecule has 6 nitrogen and oxygen atoms in total. The summed E-state index contributed by atoms with van der Waals surface area (Å²) in [6.45, 7) is 15.1. The van der Waals surface area contributed by atoms with Crippen LogP contribution in [0.4, 0.5) is 0 Å². The van der Waals surface area contributed by atoms with Crippen molar-refractivity contribution in [1.82, 2.24) is 4.90 Å². The number of hydrogen-bond acceptors (Lipinski definition) is 5. The lowest BCUT2D eigenvalue weighted by Crippen LogP contribution is -2.46. The average Bonchev–Trinajstić information content (AvgIpc) is 3.07. The number of allylic oxidation sites excluding steroid dienone is 2. The third kappa shape index (κ3) is 7.87. The number of ether oxygens (including phenoxy) is 2. The number of likely N-dealkylation sites (tertiary alicyclic amines) is 1. The van der Waals surface area contributed by atoms with Crippen LogP contribution in [0.5, 0.6) is 0 Å². The van der Waals surface area contributed by atoms with Gasteiger partial charge < -0.3 is 14.4 Å². The van der Waals surface area contributed by atoms with E-state index in [2.05, 4.69) is 13.2 Å². The summed E-state index contributed by atoms with van der Waals surface area (Å²) >= 11 is 0. The first kappa shape index (κ1) is 23.9. The number of esters is 2. The van der Waals surface area contributed by atoms with E-state index in [4.69, 9.17) is 9.47 Å². The number of carbonyl (C=O) groups excluding carboxylic acids is 3. The Bertz CT molecular complexity index is 578. The zero-order valence-electron chi connectivity index (χ0n) is 17.7. The average molecular weight is 394 g/mol. The minimum atomic E-state index is -0.594. The molecule has 1 saturated heterocycles. The first-order valence-corrected chi connectivity index (χ1v) is 10.0. The predicted molar refractivity (Wildman–Crippen MR) is 108 cm³/mol. The van der Waals surface area contributed by atoms with Crippen LogP contribution in [0.2, 0.25) is 0 Å². The highest BCUT2D eigenvalue weighted by Gasteiger charge is 2.38. The van der Waals surface area contributed by atoms with Crippen molar-refractivity contribution in [3.05, 3.63) is 25.3 Å². The van der Waals surface area contributed by atoms with Gasteiger partial charge in [0.25, 0.3) is 0 Å². The SMILES string of the molecule is C=CCCC(=O)O[C@@H](C)[C@@H]1CCCN1C(=O)[C@@H](CC=C)CC(=O)OC(C)(C)C. The topological polar surface area (TPSA) is 72.9 Å². The molecule has 1 aliphatic heterocycles. The fourth-order valence-corrected chi connectivity index (χ4v) is 3.41. The molecule has 0 saturated carbocycles. The van der Waals surface area contributed by atoms with Gasteiger partial charge in [-0.1, -0.05) is 12.2 Å². The molecule has 1 rings (SSSR count). The highest BCUT2D eigenvalue weighted by atomic mass is 16.6. The van der Waals surface area contributed by atoms with Gasteiger partial charge >= 0.3 is 11.9 Å². The summed E-state index contributed by atoms with van der Waals surface area (Å²) in [5, 5.41) is 0. The maximum atomic E-state index is 13.1. The highest BCUT2D eigenvalue weighted by Crippen LogP contribution is 2.27. The third-order valence-corrected chi connectivity index (χ3v) is 4.63. The van der Waals surface area contributed by atoms with Gasteiger partial charge in [-0.05, 0) is 53.4 Å². The van der Waals surface area contributed by atoms with Crippen LogP contribution >= 0.6 is 0 Å². The molecule has 0 bridgehead atoms. The maximum Gasteiger partial charge on any atom is 0.307 e. The molecule has 0 radical (unpaired) electrons. The lowest BCUT2D eigenvalue weighted by atomic mass is 9.98. The van der Waals surface area contributed by atoms with Crippen molar-refractivity contribution in [2.45, 2.75) is 84.0 Å². The largest absolute Gasteiger partial charge is 0.460 e. The summed E-state index contributed by atoms with van der Waals surface area (Å²) in [5.41, 5.74) is -0.594. The minimum absolute atomic E-state index is 0.0127. The molecule has 0 N–H and O–H groups in total. The number of nitrogens with zero attached hydrogens (tertiary/aromatic N) is 1. The van der Waals surface area contributed by atoms with Crippen molar-refractivity contribution in [2.24, 2.45) is 5.92 Å². The second kappa shape index (κ2) is 11.0. The molecule has 28 heavy (non-hydrogen) atoms. The molecular formula is C22H35NO5. The Labute approximate surface area is 168 Å². The van der Waals surface area contributed by atoms with Crippen molar-refractivity contribution in [3.63, 3.8) is 0 Å². The van der Waals surface area contributed by atoms with Crippen LogP contribution in [0.1, 0.15) is 66.2 Å². The van der Waals surface area contributed by atoms with Gasteiger partial charge in [0.1, 0.15) is 11.7 Å². The van der Waals surface area contributed by atoms with E-state index in [0.29, 0.717) is 19.4 Å². The molecule has 0 aliphatic carbocycles. The van der Waals surface area contributed by atoms with Gasteiger partial charge in [0.05, 0.1) is 18.4 Å². The fraction of sp³-hybridized carbons (Fsp3) is 0.682. The molecule has 3 atom stereocenters. The third-order valence-electron chi connectivity index (χ3n) is 4.63. The summed E-state index contributed by atoms with van der Waals surface area (Å²) in [6, 6.07) is -0.175. The van der Waals surface area contributed by atoms with E-state index in [9.17, 15) is 14.4 Å². The van der Waals surface area contributed by atoms with Crippen molar-refractivity contribution in [2.75, 3.05) is 6.54 Å². The first-order valence-electron chi connectivity index (χ1n) is 10.0. The molecule has 0 aromatic heterocycles. The molecule has 0 spiro atoms. The molecule has 6 heteroatoms. The van der Waals surface area contributed by atoms with Crippen LogP contribution < -0.4 is 0 Å². The Balaban J connectivity index is 2.78. The lowest BCUT2D eigenvalue weighted by Gasteiger charge is -2.32. The van der Waals surface area contributed by atoms with Crippen LogP contribution in [0, 0.1) is 5.92 Å². The second-order valence-corrected chi connectivity index (χ2v) is 8.28. The monoisotopic (exact) mass is 393 g/mol. The summed E-state index contributed by atoms with van der Waals surface area (Å²) < 4.78 is 10.9. The number of carbonyl (C=O) groups is 3. The van der Waals surface area contributed by atoms with Gasteiger partial charge in [0, 0.05) is 13.0 Å². The molecule has 0 unspecified atom stereocenters. The number of rotatable bonds is 10. The minimum Gasteiger partial charge on any atom is -0.460 e. The molecule has 1 heterocycles. The van der Waals surface area contributed by atoms with Gasteiger partial charge in [-0.25, -0.2) is 0 Å².